The van der Waals surface area contributed by atoms with Crippen LogP contribution in [0.5, 0.6) is 0 Å². The van der Waals surface area contributed by atoms with Crippen molar-refractivity contribution in [1.82, 2.24) is 68.3 Å². The maximum Gasteiger partial charge on any atom is 0.308 e. The lowest BCUT2D eigenvalue weighted by molar-refractivity contribution is -0.157. The molecule has 3 saturated heterocycles. The Morgan fingerprint density at radius 3 is 1.55 bits per heavy atom. The van der Waals surface area contributed by atoms with Gasteiger partial charge in [0.05, 0.1) is 50.7 Å². The molecule has 0 aromatic carbocycles. The van der Waals surface area contributed by atoms with Gasteiger partial charge in [-0.2, -0.15) is 0 Å². The Morgan fingerprint density at radius 2 is 1.03 bits per heavy atom. The fourth-order valence-corrected chi connectivity index (χ4v) is 11.7. The predicted octanol–water partition coefficient (Wildman–Crippen LogP) is -2.82. The molecule has 578 valence electrons. The quantitative estimate of drug-likeness (QED) is 0.0277. The molecule has 3 fully saturated rings. The molecule has 0 aromatic heterocycles. The van der Waals surface area contributed by atoms with E-state index < -0.39 is 235 Å². The standard InChI is InChI=1S/C66H106N14O23/c1-10-11-12-13-14-15-16-17-18-19-25-44(81)71-41(31-50(90)103-66(7,8)9)57(93)73-40(30-49(88)89)58(94)78-54-37(6)70-59(95)43-24-22-27-80(43)63(99)51(34(2)3)76-62(98)53(36(5)67)75-46(83)33-69-55(91)38(28-47(84)85)72-45(82)32-68-56(92)39(29-48(86)87)74-61(97)52(35(4)65(101)102)77-60(96)42-23-20-21-26-79(42)64(54)100/h34-43,51-54H,10-33,67H2,1-9H3,(H,68,92)(H,69,91)(H,70,95)(H,71,81)(H,72,82)(H,73,93)(H,74,97)(H,75,83)(H,76,98)(H,77,96)(H,78,94)(H,84,85)(H,86,87)(H,88,89)(H,101,102)/t35?,36?,37?,38?,39?,40?,41-,42?,43?,51?,52?,53?,54?/m1/s1. The molecule has 3 aliphatic rings. The van der Waals surface area contributed by atoms with Gasteiger partial charge in [0.1, 0.15) is 66.0 Å². The Balaban J connectivity index is 2.22. The van der Waals surface area contributed by atoms with E-state index in [1.807, 2.05) is 16.0 Å². The molecule has 0 spiro atoms. The Labute approximate surface area is 597 Å². The van der Waals surface area contributed by atoms with E-state index >= 15 is 4.79 Å². The number of hydrogen-bond acceptors (Lipinski definition) is 20. The number of ether oxygens (including phenoxy) is 1. The van der Waals surface area contributed by atoms with E-state index in [9.17, 15) is 102 Å². The first-order chi connectivity index (χ1) is 48.3. The molecule has 0 aromatic rings. The molecule has 3 heterocycles. The minimum absolute atomic E-state index is 0.0398. The number of carbonyl (C=O) groups is 18. The molecule has 3 aliphatic heterocycles. The fourth-order valence-electron chi connectivity index (χ4n) is 11.7. The van der Waals surface area contributed by atoms with Gasteiger partial charge in [-0.1, -0.05) is 78.6 Å². The number of hydrogen-bond donors (Lipinski definition) is 16. The molecule has 103 heavy (non-hydrogen) atoms. The molecule has 0 radical (unpaired) electrons. The number of unbranched alkanes of at least 4 members (excludes halogenated alkanes) is 9. The highest BCUT2D eigenvalue weighted by molar-refractivity contribution is 6.02. The van der Waals surface area contributed by atoms with Crippen molar-refractivity contribution in [1.29, 1.82) is 0 Å². The van der Waals surface area contributed by atoms with E-state index in [2.05, 4.69) is 49.5 Å². The SMILES string of the molecule is CCCCCCCCCCCCC(=O)N[C@H](CC(=O)OC(C)(C)C)C(=O)NC(CC(=O)O)C(=O)NC1C(=O)N2CCCCC2C(=O)NC(C(C)C(=O)O)C(=O)NC(CC(=O)O)C(=O)NCC(=O)NC(CC(=O)O)C(=O)NCC(=O)NC(C(C)N)C(=O)NC(C(C)C)C(=O)N2CCCC2C(=O)NC1C. The van der Waals surface area contributed by atoms with Crippen LogP contribution in [0.3, 0.4) is 0 Å². The molecule has 13 amide bonds. The molecular weight excluding hydrogens is 1360 g/mol. The van der Waals surface area contributed by atoms with Crippen LogP contribution in [0.15, 0.2) is 0 Å². The minimum Gasteiger partial charge on any atom is -0.481 e. The zero-order valence-electron chi connectivity index (χ0n) is 60.1. The summed E-state index contributed by atoms with van der Waals surface area (Å²) in [5.74, 6) is -25.6. The van der Waals surface area contributed by atoms with Crippen molar-refractivity contribution in [3.05, 3.63) is 0 Å². The van der Waals surface area contributed by atoms with Gasteiger partial charge in [0, 0.05) is 25.6 Å². The highest BCUT2D eigenvalue weighted by Gasteiger charge is 2.46. The minimum atomic E-state index is -2.21. The summed E-state index contributed by atoms with van der Waals surface area (Å²) in [6, 6.07) is -21.3. The van der Waals surface area contributed by atoms with Crippen LogP contribution in [0.1, 0.15) is 191 Å². The second-order valence-electron chi connectivity index (χ2n) is 27.6. The monoisotopic (exact) mass is 1460 g/mol. The largest absolute Gasteiger partial charge is 0.481 e. The first kappa shape index (κ1) is 87.6. The van der Waals surface area contributed by atoms with Crippen molar-refractivity contribution < 1.29 is 111 Å². The zero-order valence-corrected chi connectivity index (χ0v) is 60.1. The third kappa shape index (κ3) is 30.1. The molecule has 37 heteroatoms. The molecule has 37 nitrogen and oxygen atoms in total. The molecule has 3 rings (SSSR count). The number of carboxylic acids is 4. The van der Waals surface area contributed by atoms with Crippen molar-refractivity contribution in [3.8, 4) is 0 Å². The summed E-state index contributed by atoms with van der Waals surface area (Å²) in [4.78, 5) is 248. The van der Waals surface area contributed by atoms with Crippen molar-refractivity contribution in [2.75, 3.05) is 26.2 Å². The van der Waals surface area contributed by atoms with E-state index in [0.717, 1.165) is 68.1 Å². The number of nitrogens with zero attached hydrogens (tertiary/aromatic N) is 2. The number of esters is 1. The van der Waals surface area contributed by atoms with E-state index in [1.165, 1.54) is 13.8 Å². The number of piperidine rings is 1. The number of aliphatic carboxylic acids is 4. The topological polar surface area (TPSA) is 562 Å². The summed E-state index contributed by atoms with van der Waals surface area (Å²) in [6.07, 6.45) is 5.23. The highest BCUT2D eigenvalue weighted by Crippen LogP contribution is 2.24. The second kappa shape index (κ2) is 42.7. The van der Waals surface area contributed by atoms with Crippen molar-refractivity contribution in [3.63, 3.8) is 0 Å². The summed E-state index contributed by atoms with van der Waals surface area (Å²) in [5, 5.41) is 64.9. The number of carbonyl (C=O) groups excluding carboxylic acids is 14. The van der Waals surface area contributed by atoms with E-state index in [1.54, 1.807) is 34.6 Å². The van der Waals surface area contributed by atoms with Crippen LogP contribution in [-0.2, 0) is 91.0 Å². The van der Waals surface area contributed by atoms with Gasteiger partial charge in [-0.3, -0.25) is 86.3 Å². The first-order valence-electron chi connectivity index (χ1n) is 35.0. The fraction of sp³-hybridized carbons (Fsp3) is 0.727. The number of carboxylic acid groups (broad SMARTS) is 4. The zero-order chi connectivity index (χ0) is 77.6. The van der Waals surface area contributed by atoms with Gasteiger partial charge in [-0.05, 0) is 86.0 Å². The van der Waals surface area contributed by atoms with Gasteiger partial charge in [0.2, 0.25) is 76.8 Å². The van der Waals surface area contributed by atoms with Gasteiger partial charge in [0.15, 0.2) is 0 Å². The highest BCUT2D eigenvalue weighted by atomic mass is 16.6. The van der Waals surface area contributed by atoms with Crippen LogP contribution >= 0.6 is 0 Å². The third-order valence-corrected chi connectivity index (χ3v) is 17.3. The maximum absolute atomic E-state index is 15.5. The first-order valence-corrected chi connectivity index (χ1v) is 35.0. The molecule has 17 N–H and O–H groups in total. The van der Waals surface area contributed by atoms with E-state index in [0.29, 0.717) is 12.8 Å². The van der Waals surface area contributed by atoms with Gasteiger partial charge in [-0.25, -0.2) is 0 Å². The Hall–Kier alpha value is -9.58. The number of nitrogens with one attached hydrogen (secondary N) is 11. The van der Waals surface area contributed by atoms with Crippen LogP contribution in [0, 0.1) is 11.8 Å². The maximum atomic E-state index is 15.5. The number of rotatable bonds is 28. The normalized spacial score (nSPS) is 24.0. The lowest BCUT2D eigenvalue weighted by Gasteiger charge is -2.39. The third-order valence-electron chi connectivity index (χ3n) is 17.3. The average molecular weight is 1460 g/mol. The van der Waals surface area contributed by atoms with Gasteiger partial charge >= 0.3 is 29.8 Å². The molecular formula is C66H106N14O23. The van der Waals surface area contributed by atoms with Gasteiger partial charge < -0.3 is 99.2 Å². The van der Waals surface area contributed by atoms with E-state index in [4.69, 9.17) is 10.5 Å². The molecule has 0 aliphatic carbocycles. The Kier molecular flexibility index (Phi) is 36.4. The van der Waals surface area contributed by atoms with Gasteiger partial charge in [-0.15, -0.1) is 0 Å². The van der Waals surface area contributed by atoms with Crippen LogP contribution in [0.4, 0.5) is 0 Å². The molecule has 0 saturated carbocycles. The van der Waals surface area contributed by atoms with E-state index in [-0.39, 0.29) is 51.6 Å². The van der Waals surface area contributed by atoms with Crippen LogP contribution < -0.4 is 64.2 Å². The summed E-state index contributed by atoms with van der Waals surface area (Å²) in [7, 11) is 0. The number of nitrogens with two attached hydrogens (primary N) is 1. The summed E-state index contributed by atoms with van der Waals surface area (Å²) < 4.78 is 5.44. The van der Waals surface area contributed by atoms with Gasteiger partial charge in [0.25, 0.3) is 0 Å². The second-order valence-corrected chi connectivity index (χ2v) is 27.6. The average Bonchev–Trinajstić information content (AvgIpc) is 1.80. The Bertz CT molecular complexity index is 3070. The summed E-state index contributed by atoms with van der Waals surface area (Å²) in [5.41, 5.74) is 5.05. The predicted molar refractivity (Wildman–Crippen MR) is 362 cm³/mol. The van der Waals surface area contributed by atoms with Crippen molar-refractivity contribution in [2.24, 2.45) is 17.6 Å². The smallest absolute Gasteiger partial charge is 0.308 e. The van der Waals surface area contributed by atoms with Crippen LogP contribution in [0.25, 0.3) is 0 Å². The van der Waals surface area contributed by atoms with Crippen molar-refractivity contribution >= 4 is 107 Å². The summed E-state index contributed by atoms with van der Waals surface area (Å²) in [6.45, 7) is 10.8. The lowest BCUT2D eigenvalue weighted by atomic mass is 9.96. The Morgan fingerprint density at radius 1 is 0.544 bits per heavy atom. The lowest BCUT2D eigenvalue weighted by Crippen LogP contribution is -2.66. The summed E-state index contributed by atoms with van der Waals surface area (Å²) >= 11 is 0. The van der Waals surface area contributed by atoms with Crippen LogP contribution in [-0.4, -0.2) is 241 Å². The molecule has 12 unspecified atom stereocenters. The molecule has 0 bridgehead atoms. The molecule has 13 atom stereocenters. The number of fused-ring (bicyclic) bond motifs is 2. The van der Waals surface area contributed by atoms with Crippen molar-refractivity contribution in [2.45, 2.75) is 269 Å². The van der Waals surface area contributed by atoms with Crippen LogP contribution in [0.2, 0.25) is 0 Å². The number of amides is 13.